The van der Waals surface area contributed by atoms with E-state index in [9.17, 15) is 19.5 Å². The number of fused-ring (bicyclic) bond motifs is 1. The van der Waals surface area contributed by atoms with Crippen molar-refractivity contribution in [3.05, 3.63) is 44.9 Å². The van der Waals surface area contributed by atoms with Gasteiger partial charge in [-0.05, 0) is 18.6 Å². The summed E-state index contributed by atoms with van der Waals surface area (Å²) in [5, 5.41) is 18.8. The second-order valence-corrected chi connectivity index (χ2v) is 7.61. The third-order valence-electron chi connectivity index (χ3n) is 5.38. The summed E-state index contributed by atoms with van der Waals surface area (Å²) in [6.07, 6.45) is 0.421. The molecule has 2 aromatic heterocycles. The number of hydrogen-bond acceptors (Lipinski definition) is 10. The summed E-state index contributed by atoms with van der Waals surface area (Å²) in [6, 6.07) is 2.92. The molecule has 0 aliphatic rings. The maximum absolute atomic E-state index is 13.0. The zero-order valence-electron chi connectivity index (χ0n) is 19.9. The lowest BCUT2D eigenvalue weighted by atomic mass is 10.2. The fraction of sp³-hybridized carbons (Fsp3) is 0.455. The monoisotopic (exact) mass is 492 g/mol. The van der Waals surface area contributed by atoms with Crippen LogP contribution in [0.25, 0.3) is 11.2 Å². The Morgan fingerprint density at radius 1 is 1.11 bits per heavy atom. The Morgan fingerprint density at radius 2 is 1.77 bits per heavy atom. The Morgan fingerprint density at radius 3 is 2.34 bits per heavy atom. The van der Waals surface area contributed by atoms with E-state index >= 15 is 0 Å². The van der Waals surface area contributed by atoms with Gasteiger partial charge in [0.15, 0.2) is 22.7 Å². The molecule has 3 aromatic rings. The number of methoxy groups -OCH3 is 3. The minimum atomic E-state index is -1.09. The molecule has 35 heavy (non-hydrogen) atoms. The van der Waals surface area contributed by atoms with E-state index in [0.29, 0.717) is 17.2 Å². The summed E-state index contributed by atoms with van der Waals surface area (Å²) in [5.74, 6) is 0.286. The van der Waals surface area contributed by atoms with Gasteiger partial charge in [0.1, 0.15) is 0 Å². The molecule has 2 heterocycles. The third kappa shape index (κ3) is 5.15. The number of benzene rings is 1. The Balaban J connectivity index is 1.75. The molecule has 0 aliphatic carbocycles. The van der Waals surface area contributed by atoms with Crippen LogP contribution in [0.1, 0.15) is 16.8 Å². The number of esters is 1. The molecule has 0 aliphatic heterocycles. The number of ether oxygens (including phenoxy) is 4. The topological polar surface area (TPSA) is 156 Å². The second-order valence-electron chi connectivity index (χ2n) is 7.61. The molecule has 0 amide bonds. The molecule has 0 fully saturated rings. The number of aliphatic hydroxyl groups is 2. The molecule has 13 heteroatoms. The Kier molecular flexibility index (Phi) is 8.14. The molecule has 0 saturated carbocycles. The summed E-state index contributed by atoms with van der Waals surface area (Å²) in [5.41, 5.74) is -0.710. The number of rotatable bonds is 11. The standard InChI is InChI=1S/C22H28N4O9/c1-24-19-17(25(12-23-19)10-14(28)11-27)20(29)26(22(24)31)6-5-7-35-21(30)13-8-15(32-2)18(34-4)16(9-13)33-3/h8-9,12,14,27-28H,5-7,10-11H2,1-4H3/t14-/m0/s1. The Bertz CT molecular complexity index is 1300. The first-order chi connectivity index (χ1) is 16.8. The van der Waals surface area contributed by atoms with E-state index in [-0.39, 0.29) is 42.8 Å². The number of aromatic nitrogens is 4. The molecule has 1 aromatic carbocycles. The average molecular weight is 492 g/mol. The Labute approximate surface area is 199 Å². The average Bonchev–Trinajstić information content (AvgIpc) is 3.29. The molecular formula is C22H28N4O9. The van der Waals surface area contributed by atoms with Gasteiger partial charge in [-0.2, -0.15) is 0 Å². The molecule has 2 N–H and O–H groups in total. The van der Waals surface area contributed by atoms with Crippen molar-refractivity contribution in [1.82, 2.24) is 18.7 Å². The number of carbonyl (C=O) groups excluding carboxylic acids is 1. The van der Waals surface area contributed by atoms with Crippen molar-refractivity contribution in [3.63, 3.8) is 0 Å². The normalized spacial score (nSPS) is 11.9. The zero-order valence-corrected chi connectivity index (χ0v) is 19.9. The van der Waals surface area contributed by atoms with E-state index in [4.69, 9.17) is 24.1 Å². The predicted octanol–water partition coefficient (Wildman–Crippen LogP) is -0.477. The quantitative estimate of drug-likeness (QED) is 0.265. The minimum Gasteiger partial charge on any atom is -0.493 e. The van der Waals surface area contributed by atoms with E-state index in [1.54, 1.807) is 0 Å². The van der Waals surface area contributed by atoms with Crippen LogP contribution in [0.5, 0.6) is 17.2 Å². The van der Waals surface area contributed by atoms with Crippen LogP contribution in [0.2, 0.25) is 0 Å². The van der Waals surface area contributed by atoms with Gasteiger partial charge in [0.2, 0.25) is 5.75 Å². The molecule has 0 radical (unpaired) electrons. The van der Waals surface area contributed by atoms with Crippen molar-refractivity contribution in [2.75, 3.05) is 34.5 Å². The minimum absolute atomic E-state index is 0.0162. The van der Waals surface area contributed by atoms with Crippen molar-refractivity contribution in [1.29, 1.82) is 0 Å². The molecule has 0 spiro atoms. The summed E-state index contributed by atoms with van der Waals surface area (Å²) in [7, 11) is 5.78. The van der Waals surface area contributed by atoms with E-state index in [2.05, 4.69) is 4.98 Å². The second kappa shape index (κ2) is 11.1. The highest BCUT2D eigenvalue weighted by Gasteiger charge is 2.19. The van der Waals surface area contributed by atoms with Crippen molar-refractivity contribution in [2.45, 2.75) is 25.6 Å². The lowest BCUT2D eigenvalue weighted by molar-refractivity contribution is 0.0494. The van der Waals surface area contributed by atoms with Crippen molar-refractivity contribution < 1.29 is 34.0 Å². The fourth-order valence-corrected chi connectivity index (χ4v) is 3.61. The van der Waals surface area contributed by atoms with Crippen molar-refractivity contribution in [3.8, 4) is 17.2 Å². The van der Waals surface area contributed by atoms with Gasteiger partial charge >= 0.3 is 11.7 Å². The van der Waals surface area contributed by atoms with Gasteiger partial charge in [0.05, 0.1) is 59.1 Å². The number of nitrogens with zero attached hydrogens (tertiary/aromatic N) is 4. The number of aryl methyl sites for hydroxylation is 1. The highest BCUT2D eigenvalue weighted by molar-refractivity contribution is 5.91. The van der Waals surface area contributed by atoms with Crippen LogP contribution >= 0.6 is 0 Å². The van der Waals surface area contributed by atoms with Gasteiger partial charge in [0, 0.05) is 13.6 Å². The third-order valence-corrected chi connectivity index (χ3v) is 5.38. The van der Waals surface area contributed by atoms with Gasteiger partial charge in [-0.1, -0.05) is 0 Å². The van der Waals surface area contributed by atoms with Crippen molar-refractivity contribution in [2.24, 2.45) is 7.05 Å². The van der Waals surface area contributed by atoms with Crippen molar-refractivity contribution >= 4 is 17.1 Å². The van der Waals surface area contributed by atoms with Gasteiger partial charge in [0.25, 0.3) is 5.56 Å². The highest BCUT2D eigenvalue weighted by atomic mass is 16.5. The van der Waals surface area contributed by atoms with Crippen LogP contribution in [0.3, 0.4) is 0 Å². The number of imidazole rings is 1. The summed E-state index contributed by atoms with van der Waals surface area (Å²) in [6.45, 7) is -0.632. The van der Waals surface area contributed by atoms with E-state index in [1.165, 1.54) is 56.0 Å². The maximum Gasteiger partial charge on any atom is 0.338 e. The predicted molar refractivity (Wildman–Crippen MR) is 123 cm³/mol. The van der Waals surface area contributed by atoms with Gasteiger partial charge in [-0.25, -0.2) is 14.6 Å². The summed E-state index contributed by atoms with van der Waals surface area (Å²) >= 11 is 0. The van der Waals surface area contributed by atoms with E-state index in [1.807, 2.05) is 0 Å². The molecule has 0 saturated heterocycles. The lowest BCUT2D eigenvalue weighted by Crippen LogP contribution is -2.40. The molecule has 0 unspecified atom stereocenters. The van der Waals surface area contributed by atoms with Gasteiger partial charge < -0.3 is 33.7 Å². The lowest BCUT2D eigenvalue weighted by Gasteiger charge is -2.14. The number of aliphatic hydroxyl groups excluding tert-OH is 2. The van der Waals surface area contributed by atoms with Crippen LogP contribution in [-0.4, -0.2) is 75.5 Å². The Hall–Kier alpha value is -3.84. The molecule has 190 valence electrons. The van der Waals surface area contributed by atoms with Gasteiger partial charge in [-0.3, -0.25) is 13.9 Å². The fourth-order valence-electron chi connectivity index (χ4n) is 3.61. The maximum atomic E-state index is 13.0. The van der Waals surface area contributed by atoms with Crippen LogP contribution in [-0.2, 0) is 24.9 Å². The zero-order chi connectivity index (χ0) is 25.7. The van der Waals surface area contributed by atoms with Crippen LogP contribution in [0.15, 0.2) is 28.0 Å². The first-order valence-electron chi connectivity index (χ1n) is 10.7. The first kappa shape index (κ1) is 25.8. The molecule has 1 atom stereocenters. The SMILES string of the molecule is COc1cc(C(=O)OCCCn2c(=O)c3c(ncn3C[C@H](O)CO)n(C)c2=O)cc(OC)c1OC. The van der Waals surface area contributed by atoms with Gasteiger partial charge in [-0.15, -0.1) is 0 Å². The first-order valence-corrected chi connectivity index (χ1v) is 10.7. The molecule has 13 nitrogen and oxygen atoms in total. The number of carbonyl (C=O) groups is 1. The highest BCUT2D eigenvalue weighted by Crippen LogP contribution is 2.38. The largest absolute Gasteiger partial charge is 0.493 e. The van der Waals surface area contributed by atoms with Crippen LogP contribution < -0.4 is 25.5 Å². The van der Waals surface area contributed by atoms with Crippen LogP contribution in [0, 0.1) is 0 Å². The molecular weight excluding hydrogens is 464 g/mol. The van der Waals surface area contributed by atoms with E-state index in [0.717, 1.165) is 4.57 Å². The van der Waals surface area contributed by atoms with Crippen LogP contribution in [0.4, 0.5) is 0 Å². The summed E-state index contributed by atoms with van der Waals surface area (Å²) < 4.78 is 24.6. The molecule has 3 rings (SSSR count). The summed E-state index contributed by atoms with van der Waals surface area (Å²) in [4.78, 5) is 42.3. The molecule has 0 bridgehead atoms. The smallest absolute Gasteiger partial charge is 0.338 e. The van der Waals surface area contributed by atoms with E-state index < -0.39 is 29.9 Å². The number of hydrogen-bond donors (Lipinski definition) is 2.